The molecule has 4 heteroatoms. The molecule has 3 rings (SSSR count). The molecule has 2 heterocycles. The van der Waals surface area contributed by atoms with Gasteiger partial charge in [-0.1, -0.05) is 12.1 Å². The molecule has 2 aromatic rings. The fourth-order valence-corrected chi connectivity index (χ4v) is 2.69. The van der Waals surface area contributed by atoms with Crippen molar-refractivity contribution in [1.82, 2.24) is 9.55 Å². The minimum absolute atomic E-state index is 0.526. The fraction of sp³-hybridized carbons (Fsp3) is 0.400. The molecular weight excluding hydrogens is 238 g/mol. The molecule has 0 radical (unpaired) electrons. The average molecular weight is 257 g/mol. The molecule has 19 heavy (non-hydrogen) atoms. The minimum atomic E-state index is 0.526. The van der Waals surface area contributed by atoms with Crippen molar-refractivity contribution in [2.75, 3.05) is 6.61 Å². The Bertz CT molecular complexity index is 589. The molecule has 2 N–H and O–H groups in total. The number of benzene rings is 1. The summed E-state index contributed by atoms with van der Waals surface area (Å²) in [5.41, 5.74) is 9.48. The molecule has 100 valence electrons. The highest BCUT2D eigenvalue weighted by Gasteiger charge is 2.17. The van der Waals surface area contributed by atoms with E-state index < -0.39 is 0 Å². The Labute approximate surface area is 113 Å². The van der Waals surface area contributed by atoms with Gasteiger partial charge in [0, 0.05) is 43.9 Å². The monoisotopic (exact) mass is 257 g/mol. The Morgan fingerprint density at radius 2 is 2.32 bits per heavy atom. The maximum atomic E-state index is 5.82. The van der Waals surface area contributed by atoms with E-state index in [2.05, 4.69) is 28.6 Å². The third-order valence-corrected chi connectivity index (χ3v) is 3.64. The van der Waals surface area contributed by atoms with Crippen LogP contribution in [0.3, 0.4) is 0 Å². The number of nitrogens with zero attached hydrogens (tertiary/aromatic N) is 2. The van der Waals surface area contributed by atoms with Gasteiger partial charge in [-0.25, -0.2) is 4.98 Å². The lowest BCUT2D eigenvalue weighted by Crippen LogP contribution is -2.04. The van der Waals surface area contributed by atoms with Gasteiger partial charge in [-0.3, -0.25) is 0 Å². The maximum Gasteiger partial charge on any atom is 0.127 e. The third-order valence-electron chi connectivity index (χ3n) is 3.64. The Morgan fingerprint density at radius 1 is 1.42 bits per heavy atom. The summed E-state index contributed by atoms with van der Waals surface area (Å²) < 4.78 is 7.83. The zero-order valence-corrected chi connectivity index (χ0v) is 11.2. The Morgan fingerprint density at radius 3 is 3.11 bits per heavy atom. The molecule has 1 aromatic carbocycles. The van der Waals surface area contributed by atoms with Crippen LogP contribution in [0.1, 0.15) is 29.4 Å². The lowest BCUT2D eigenvalue weighted by atomic mass is 10.0. The van der Waals surface area contributed by atoms with E-state index >= 15 is 0 Å². The topological polar surface area (TPSA) is 53.1 Å². The van der Waals surface area contributed by atoms with Crippen LogP contribution in [0.25, 0.3) is 0 Å². The van der Waals surface area contributed by atoms with Crippen molar-refractivity contribution in [2.24, 2.45) is 5.73 Å². The van der Waals surface area contributed by atoms with Crippen LogP contribution in [-0.4, -0.2) is 16.2 Å². The lowest BCUT2D eigenvalue weighted by molar-refractivity contribution is 0.353. The predicted octanol–water partition coefficient (Wildman–Crippen LogP) is 1.89. The molecule has 0 amide bonds. The van der Waals surface area contributed by atoms with E-state index in [1.54, 1.807) is 0 Å². The summed E-state index contributed by atoms with van der Waals surface area (Å²) in [7, 11) is 0. The van der Waals surface area contributed by atoms with E-state index in [4.69, 9.17) is 10.5 Å². The highest BCUT2D eigenvalue weighted by molar-refractivity contribution is 5.47. The molecule has 0 atom stereocenters. The van der Waals surface area contributed by atoms with Gasteiger partial charge < -0.3 is 15.0 Å². The predicted molar refractivity (Wildman–Crippen MR) is 74.2 cm³/mol. The van der Waals surface area contributed by atoms with E-state index in [1.165, 1.54) is 11.1 Å². The number of fused-ring (bicyclic) bond motifs is 1. The van der Waals surface area contributed by atoms with Gasteiger partial charge in [0.1, 0.15) is 11.6 Å². The standard InChI is InChI=1S/C15H19N3O/c1-2-18-5-4-17-14(18)9-11-7-12-3-6-19-15(12)13(8-11)10-16/h4-5,7-8H,2-3,6,9-10,16H2,1H3. The second-order valence-corrected chi connectivity index (χ2v) is 4.85. The molecule has 1 aliphatic heterocycles. The summed E-state index contributed by atoms with van der Waals surface area (Å²) in [6, 6.07) is 4.38. The summed E-state index contributed by atoms with van der Waals surface area (Å²) in [6.07, 6.45) is 5.72. The van der Waals surface area contributed by atoms with Gasteiger partial charge in [-0.15, -0.1) is 0 Å². The van der Waals surface area contributed by atoms with Gasteiger partial charge in [0.2, 0.25) is 0 Å². The average Bonchev–Trinajstić information content (AvgIpc) is 3.06. The van der Waals surface area contributed by atoms with Crippen LogP contribution < -0.4 is 10.5 Å². The number of hydrogen-bond donors (Lipinski definition) is 1. The van der Waals surface area contributed by atoms with Crippen LogP contribution in [0, 0.1) is 0 Å². The van der Waals surface area contributed by atoms with Crippen LogP contribution in [0.4, 0.5) is 0 Å². The molecule has 0 saturated heterocycles. The number of hydrogen-bond acceptors (Lipinski definition) is 3. The van der Waals surface area contributed by atoms with Crippen molar-refractivity contribution in [1.29, 1.82) is 0 Å². The van der Waals surface area contributed by atoms with Gasteiger partial charge in [0.25, 0.3) is 0 Å². The second kappa shape index (κ2) is 5.05. The largest absolute Gasteiger partial charge is 0.493 e. The Balaban J connectivity index is 1.93. The lowest BCUT2D eigenvalue weighted by Gasteiger charge is -2.10. The van der Waals surface area contributed by atoms with Gasteiger partial charge in [0.15, 0.2) is 0 Å². The fourth-order valence-electron chi connectivity index (χ4n) is 2.69. The molecule has 0 saturated carbocycles. The highest BCUT2D eigenvalue weighted by Crippen LogP contribution is 2.31. The quantitative estimate of drug-likeness (QED) is 0.910. The van der Waals surface area contributed by atoms with Crippen molar-refractivity contribution in [3.8, 4) is 5.75 Å². The minimum Gasteiger partial charge on any atom is -0.493 e. The Kier molecular flexibility index (Phi) is 3.25. The van der Waals surface area contributed by atoms with Gasteiger partial charge in [-0.2, -0.15) is 0 Å². The molecular formula is C15H19N3O. The smallest absolute Gasteiger partial charge is 0.127 e. The molecule has 0 bridgehead atoms. The van der Waals surface area contributed by atoms with Gasteiger partial charge >= 0.3 is 0 Å². The molecule has 1 aromatic heterocycles. The molecule has 0 aliphatic carbocycles. The summed E-state index contributed by atoms with van der Waals surface area (Å²) in [4.78, 5) is 4.43. The number of ether oxygens (including phenoxy) is 1. The van der Waals surface area contributed by atoms with Crippen molar-refractivity contribution < 1.29 is 4.74 Å². The first-order chi connectivity index (χ1) is 9.31. The molecule has 1 aliphatic rings. The molecule has 0 spiro atoms. The number of nitrogens with two attached hydrogens (primary N) is 1. The second-order valence-electron chi connectivity index (χ2n) is 4.85. The van der Waals surface area contributed by atoms with Crippen LogP contribution in [0.2, 0.25) is 0 Å². The van der Waals surface area contributed by atoms with E-state index in [0.29, 0.717) is 6.54 Å². The number of aryl methyl sites for hydroxylation is 1. The van der Waals surface area contributed by atoms with Crippen molar-refractivity contribution >= 4 is 0 Å². The third kappa shape index (κ3) is 2.24. The first-order valence-corrected chi connectivity index (χ1v) is 6.79. The zero-order chi connectivity index (χ0) is 13.2. The molecule has 0 fully saturated rings. The highest BCUT2D eigenvalue weighted by atomic mass is 16.5. The SMILES string of the molecule is CCn1ccnc1Cc1cc(CN)c2c(c1)CCO2. The van der Waals surface area contributed by atoms with Crippen molar-refractivity contribution in [3.05, 3.63) is 47.0 Å². The summed E-state index contributed by atoms with van der Waals surface area (Å²) >= 11 is 0. The molecule has 4 nitrogen and oxygen atoms in total. The van der Waals surface area contributed by atoms with E-state index in [-0.39, 0.29) is 0 Å². The summed E-state index contributed by atoms with van der Waals surface area (Å²) in [6.45, 7) is 4.38. The van der Waals surface area contributed by atoms with E-state index in [9.17, 15) is 0 Å². The van der Waals surface area contributed by atoms with Crippen LogP contribution >= 0.6 is 0 Å². The van der Waals surface area contributed by atoms with Crippen LogP contribution in [-0.2, 0) is 25.9 Å². The Hall–Kier alpha value is -1.81. The van der Waals surface area contributed by atoms with Gasteiger partial charge in [0.05, 0.1) is 6.61 Å². The van der Waals surface area contributed by atoms with Gasteiger partial charge in [-0.05, 0) is 18.1 Å². The number of rotatable bonds is 4. The van der Waals surface area contributed by atoms with Crippen molar-refractivity contribution in [2.45, 2.75) is 32.9 Å². The summed E-state index contributed by atoms with van der Waals surface area (Å²) in [5.74, 6) is 2.11. The maximum absolute atomic E-state index is 5.82. The summed E-state index contributed by atoms with van der Waals surface area (Å²) in [5, 5.41) is 0. The van der Waals surface area contributed by atoms with E-state index in [0.717, 1.165) is 43.1 Å². The first-order valence-electron chi connectivity index (χ1n) is 6.79. The normalized spacial score (nSPS) is 13.4. The number of imidazole rings is 1. The van der Waals surface area contributed by atoms with Crippen LogP contribution in [0.15, 0.2) is 24.5 Å². The first kappa shape index (κ1) is 12.2. The van der Waals surface area contributed by atoms with E-state index in [1.807, 2.05) is 12.4 Å². The van der Waals surface area contributed by atoms with Crippen molar-refractivity contribution in [3.63, 3.8) is 0 Å². The van der Waals surface area contributed by atoms with Crippen LogP contribution in [0.5, 0.6) is 5.75 Å². The zero-order valence-electron chi connectivity index (χ0n) is 11.2. The molecule has 0 unspecified atom stereocenters. The number of aromatic nitrogens is 2.